The number of aliphatic hydroxyl groups excluding tert-OH is 1. The Morgan fingerprint density at radius 3 is 2.36 bits per heavy atom. The molecule has 184 valence electrons. The molecule has 1 aliphatic heterocycles. The molecule has 33 heavy (non-hydrogen) atoms. The summed E-state index contributed by atoms with van der Waals surface area (Å²) in [6.45, 7) is 14.4. The molecule has 0 radical (unpaired) electrons. The van der Waals surface area contributed by atoms with Crippen LogP contribution in [0.4, 0.5) is 0 Å². The van der Waals surface area contributed by atoms with Crippen molar-refractivity contribution in [1.29, 1.82) is 0 Å². The lowest BCUT2D eigenvalue weighted by Crippen LogP contribution is -2.57. The summed E-state index contributed by atoms with van der Waals surface area (Å²) in [7, 11) is 0. The molecule has 0 amide bonds. The standard InChI is InChI=1S/C30H46O3/c1-18(15-20-16-19(2)25(32)33-20)21-9-11-28(6)23-8-7-22-26(3,4)24(31)10-12-29(22)17-30(23,29)14-13-27(21,28)5/h16,18,20-24,31H,7-15,17H2,1-6H3. The zero-order valence-electron chi connectivity index (χ0n) is 21.9. The Bertz CT molecular complexity index is 904. The van der Waals surface area contributed by atoms with Crippen molar-refractivity contribution in [1.82, 2.24) is 0 Å². The molecule has 0 bridgehead atoms. The highest BCUT2D eigenvalue weighted by molar-refractivity contribution is 5.90. The van der Waals surface area contributed by atoms with Gasteiger partial charge < -0.3 is 9.84 Å². The number of carbonyl (C=O) groups excluding carboxylic acids is 1. The van der Waals surface area contributed by atoms with Crippen molar-refractivity contribution in [2.45, 2.75) is 118 Å². The van der Waals surface area contributed by atoms with E-state index in [0.717, 1.165) is 30.3 Å². The van der Waals surface area contributed by atoms with Crippen LogP contribution in [0.3, 0.4) is 0 Å². The minimum absolute atomic E-state index is 0.0177. The molecule has 0 aromatic heterocycles. The summed E-state index contributed by atoms with van der Waals surface area (Å²) in [5.74, 6) is 2.76. The van der Waals surface area contributed by atoms with Crippen molar-refractivity contribution < 1.29 is 14.6 Å². The molecule has 10 atom stereocenters. The van der Waals surface area contributed by atoms with Crippen LogP contribution in [-0.4, -0.2) is 23.3 Å². The van der Waals surface area contributed by atoms with E-state index in [2.05, 4.69) is 40.7 Å². The number of hydrogen-bond donors (Lipinski definition) is 1. The Kier molecular flexibility index (Phi) is 4.58. The lowest BCUT2D eigenvalue weighted by atomic mass is 9.41. The minimum atomic E-state index is -0.120. The molecule has 6 aliphatic rings. The Morgan fingerprint density at radius 1 is 0.970 bits per heavy atom. The van der Waals surface area contributed by atoms with Gasteiger partial charge in [0.1, 0.15) is 6.10 Å². The maximum Gasteiger partial charge on any atom is 0.334 e. The lowest BCUT2D eigenvalue weighted by Gasteiger charge is -2.63. The van der Waals surface area contributed by atoms with Gasteiger partial charge in [-0.25, -0.2) is 4.79 Å². The van der Waals surface area contributed by atoms with Crippen LogP contribution < -0.4 is 0 Å². The summed E-state index contributed by atoms with van der Waals surface area (Å²) >= 11 is 0. The Morgan fingerprint density at radius 2 is 1.67 bits per heavy atom. The number of esters is 1. The van der Waals surface area contributed by atoms with Gasteiger partial charge in [0.2, 0.25) is 0 Å². The second-order valence-corrected chi connectivity index (χ2v) is 14.5. The number of ether oxygens (including phenoxy) is 1. The fraction of sp³-hybridized carbons (Fsp3) is 0.900. The van der Waals surface area contributed by atoms with E-state index in [9.17, 15) is 9.90 Å². The van der Waals surface area contributed by atoms with E-state index in [1.807, 2.05) is 6.92 Å². The number of aliphatic hydroxyl groups is 1. The molecule has 5 aliphatic carbocycles. The Labute approximate surface area is 201 Å². The topological polar surface area (TPSA) is 46.5 Å². The average Bonchev–Trinajstić information content (AvgIpc) is 3.19. The molecule has 2 spiro atoms. The molecule has 3 heteroatoms. The van der Waals surface area contributed by atoms with E-state index in [1.54, 1.807) is 0 Å². The number of fused-ring (bicyclic) bond motifs is 2. The van der Waals surface area contributed by atoms with Crippen LogP contribution in [0.25, 0.3) is 0 Å². The SMILES string of the molecule is CC1=CC(CC(C)C2CCC3(C)C4CCC5C(C)(C)C(O)CCC56CC46CCC23C)OC1=O. The highest BCUT2D eigenvalue weighted by atomic mass is 16.5. The minimum Gasteiger partial charge on any atom is -0.455 e. The number of carbonyl (C=O) groups is 1. The van der Waals surface area contributed by atoms with Crippen molar-refractivity contribution in [3.05, 3.63) is 11.6 Å². The average molecular weight is 455 g/mol. The van der Waals surface area contributed by atoms with Crippen molar-refractivity contribution in [3.8, 4) is 0 Å². The van der Waals surface area contributed by atoms with E-state index >= 15 is 0 Å². The second-order valence-electron chi connectivity index (χ2n) is 14.5. The molecule has 0 aromatic carbocycles. The third kappa shape index (κ3) is 2.59. The summed E-state index contributed by atoms with van der Waals surface area (Å²) in [4.78, 5) is 11.9. The molecule has 1 heterocycles. The molecular formula is C30H46O3. The predicted molar refractivity (Wildman–Crippen MR) is 130 cm³/mol. The van der Waals surface area contributed by atoms with E-state index in [0.29, 0.717) is 33.5 Å². The van der Waals surface area contributed by atoms with Gasteiger partial charge in [-0.05, 0) is 128 Å². The van der Waals surface area contributed by atoms with Gasteiger partial charge >= 0.3 is 5.97 Å². The van der Waals surface area contributed by atoms with Crippen LogP contribution in [-0.2, 0) is 9.53 Å². The van der Waals surface area contributed by atoms with Crippen molar-refractivity contribution in [3.63, 3.8) is 0 Å². The van der Waals surface area contributed by atoms with Gasteiger partial charge in [0.05, 0.1) is 6.10 Å². The van der Waals surface area contributed by atoms with Gasteiger partial charge in [0, 0.05) is 5.57 Å². The Balaban J connectivity index is 1.26. The third-order valence-corrected chi connectivity index (χ3v) is 13.5. The number of rotatable bonds is 3. The zero-order chi connectivity index (χ0) is 23.6. The highest BCUT2D eigenvalue weighted by Gasteiger charge is 2.82. The van der Waals surface area contributed by atoms with E-state index < -0.39 is 0 Å². The van der Waals surface area contributed by atoms with E-state index in [1.165, 1.54) is 51.4 Å². The normalized spacial score (nSPS) is 54.9. The summed E-state index contributed by atoms with van der Waals surface area (Å²) in [5.41, 5.74) is 2.76. The first-order chi connectivity index (χ1) is 15.4. The lowest BCUT2D eigenvalue weighted by molar-refractivity contribution is -0.162. The van der Waals surface area contributed by atoms with Crippen LogP contribution in [0, 0.1) is 50.7 Å². The smallest absolute Gasteiger partial charge is 0.334 e. The fourth-order valence-electron chi connectivity index (χ4n) is 11.6. The van der Waals surface area contributed by atoms with Gasteiger partial charge in [-0.3, -0.25) is 0 Å². The van der Waals surface area contributed by atoms with E-state index in [4.69, 9.17) is 4.74 Å². The van der Waals surface area contributed by atoms with Gasteiger partial charge in [-0.15, -0.1) is 0 Å². The first-order valence-corrected chi connectivity index (χ1v) is 14.0. The molecule has 6 rings (SSSR count). The molecule has 3 nitrogen and oxygen atoms in total. The number of hydrogen-bond acceptors (Lipinski definition) is 3. The summed E-state index contributed by atoms with van der Waals surface area (Å²) in [6, 6.07) is 0. The van der Waals surface area contributed by atoms with Crippen molar-refractivity contribution in [2.24, 2.45) is 50.7 Å². The maximum atomic E-state index is 11.9. The van der Waals surface area contributed by atoms with Gasteiger partial charge in [-0.2, -0.15) is 0 Å². The summed E-state index contributed by atoms with van der Waals surface area (Å²) in [6.07, 6.45) is 14.8. The first-order valence-electron chi connectivity index (χ1n) is 14.0. The van der Waals surface area contributed by atoms with Crippen molar-refractivity contribution in [2.75, 3.05) is 0 Å². The quantitative estimate of drug-likeness (QED) is 0.484. The van der Waals surface area contributed by atoms with Crippen molar-refractivity contribution >= 4 is 5.97 Å². The first kappa shape index (κ1) is 22.6. The molecule has 0 saturated heterocycles. The third-order valence-electron chi connectivity index (χ3n) is 13.5. The maximum absolute atomic E-state index is 11.9. The molecule has 1 N–H and O–H groups in total. The van der Waals surface area contributed by atoms with Gasteiger partial charge in [0.15, 0.2) is 0 Å². The fourth-order valence-corrected chi connectivity index (χ4v) is 11.6. The monoisotopic (exact) mass is 454 g/mol. The van der Waals surface area contributed by atoms with Gasteiger partial charge in [0.25, 0.3) is 0 Å². The summed E-state index contributed by atoms with van der Waals surface area (Å²) < 4.78 is 5.64. The van der Waals surface area contributed by atoms with Crippen LogP contribution in [0.2, 0.25) is 0 Å². The largest absolute Gasteiger partial charge is 0.455 e. The highest BCUT2D eigenvalue weighted by Crippen LogP contribution is 2.89. The second kappa shape index (κ2) is 6.68. The van der Waals surface area contributed by atoms with Gasteiger partial charge in [-0.1, -0.05) is 34.6 Å². The van der Waals surface area contributed by atoms with Crippen LogP contribution in [0.15, 0.2) is 11.6 Å². The van der Waals surface area contributed by atoms with E-state index in [-0.39, 0.29) is 23.6 Å². The number of cyclic esters (lactones) is 1. The molecule has 10 unspecified atom stereocenters. The van der Waals surface area contributed by atoms with Crippen LogP contribution >= 0.6 is 0 Å². The molecular weight excluding hydrogens is 408 g/mol. The molecule has 5 saturated carbocycles. The predicted octanol–water partition coefficient (Wildman–Crippen LogP) is 6.68. The van der Waals surface area contributed by atoms with Crippen LogP contribution in [0.1, 0.15) is 106 Å². The summed E-state index contributed by atoms with van der Waals surface area (Å²) in [5, 5.41) is 10.9. The Hall–Kier alpha value is -0.830. The zero-order valence-corrected chi connectivity index (χ0v) is 21.9. The van der Waals surface area contributed by atoms with Crippen LogP contribution in [0.5, 0.6) is 0 Å². The molecule has 0 aromatic rings. The molecule has 5 fully saturated rings.